The van der Waals surface area contributed by atoms with Gasteiger partial charge in [-0.3, -0.25) is 0 Å². The molecule has 1 heteroatoms. The normalized spacial score (nSPS) is 6.67. The van der Waals surface area contributed by atoms with Gasteiger partial charge < -0.3 is 0 Å². The molecule has 0 amide bonds. The average molecular weight is 117 g/mol. The third kappa shape index (κ3) is 1.35. The molecular weight excluding hydrogens is 112 g/mol. The molecule has 0 saturated heterocycles. The van der Waals surface area contributed by atoms with Gasteiger partial charge in [-0.05, 0) is 0 Å². The summed E-state index contributed by atoms with van der Waals surface area (Å²) >= 11 is 0. The minimum atomic E-state index is 0. The molecule has 0 unspecified atom stereocenters. The largest absolute Gasteiger partial charge is 3.00 e. The molecule has 0 aliphatic rings. The quantitative estimate of drug-likeness (QED) is 0.450. The van der Waals surface area contributed by atoms with Gasteiger partial charge in [-0.1, -0.05) is 0 Å². The predicted octanol–water partition coefficient (Wildman–Crippen LogP) is 1.40. The molecule has 1 aromatic carbocycles. The van der Waals surface area contributed by atoms with Crippen LogP contribution in [0.1, 0.15) is 0 Å². The van der Waals surface area contributed by atoms with Crippen LogP contribution in [0.4, 0.5) is 0 Å². The van der Waals surface area contributed by atoms with Crippen LogP contribution in [0.5, 0.6) is 0 Å². The summed E-state index contributed by atoms with van der Waals surface area (Å²) in [4.78, 5) is 0. The average Bonchev–Trinajstić information content (AvgIpc) is 1.76. The first kappa shape index (κ1) is 5.88. The van der Waals surface area contributed by atoms with Gasteiger partial charge in [-0.25, -0.2) is 12.1 Å². The van der Waals surface area contributed by atoms with Gasteiger partial charge in [0.05, 0.1) is 0 Å². The topological polar surface area (TPSA) is 0 Å². The summed E-state index contributed by atoms with van der Waals surface area (Å²) in [5.41, 5.74) is 0. The van der Waals surface area contributed by atoms with Crippen molar-refractivity contribution in [3.63, 3.8) is 0 Å². The standard InChI is InChI=1S/C5H5.Cr/c1-2-4-5-3-1;/h1-5H;/q-1;+3. The van der Waals surface area contributed by atoms with Gasteiger partial charge in [0.25, 0.3) is 0 Å². The molecule has 0 fully saturated rings. The van der Waals surface area contributed by atoms with E-state index in [2.05, 4.69) is 0 Å². The molecule has 6 heavy (non-hydrogen) atoms. The van der Waals surface area contributed by atoms with Crippen LogP contribution in [0.15, 0.2) is 30.3 Å². The fraction of sp³-hybridized carbons (Fsp3) is 0. The van der Waals surface area contributed by atoms with Crippen molar-refractivity contribution in [3.8, 4) is 0 Å². The minimum Gasteiger partial charge on any atom is -0.214 e. The molecule has 0 heterocycles. The summed E-state index contributed by atoms with van der Waals surface area (Å²) in [6.45, 7) is 0. The molecule has 0 aliphatic heterocycles. The van der Waals surface area contributed by atoms with Crippen LogP contribution >= 0.6 is 0 Å². The molecule has 0 spiro atoms. The van der Waals surface area contributed by atoms with Crippen LogP contribution < -0.4 is 0 Å². The molecule has 0 aliphatic carbocycles. The number of rotatable bonds is 0. The van der Waals surface area contributed by atoms with E-state index in [4.69, 9.17) is 0 Å². The van der Waals surface area contributed by atoms with Crippen molar-refractivity contribution in [2.45, 2.75) is 0 Å². The van der Waals surface area contributed by atoms with Gasteiger partial charge in [-0.2, -0.15) is 18.2 Å². The molecule has 0 atom stereocenters. The zero-order valence-electron chi connectivity index (χ0n) is 3.29. The van der Waals surface area contributed by atoms with Gasteiger partial charge in [0.15, 0.2) is 0 Å². The van der Waals surface area contributed by atoms with E-state index in [1.54, 1.807) is 0 Å². The zero-order valence-corrected chi connectivity index (χ0v) is 4.57. The van der Waals surface area contributed by atoms with Gasteiger partial charge in [0, 0.05) is 0 Å². The van der Waals surface area contributed by atoms with Crippen LogP contribution in [0.3, 0.4) is 0 Å². The summed E-state index contributed by atoms with van der Waals surface area (Å²) in [6.07, 6.45) is 0. The smallest absolute Gasteiger partial charge is 0.214 e. The van der Waals surface area contributed by atoms with Crippen LogP contribution in [0.2, 0.25) is 0 Å². The van der Waals surface area contributed by atoms with Crippen LogP contribution in [0, 0.1) is 0 Å². The molecule has 29 valence electrons. The maximum Gasteiger partial charge on any atom is 3.00 e. The Morgan fingerprint density at radius 3 is 1.67 bits per heavy atom. The maximum atomic E-state index is 2.00. The van der Waals surface area contributed by atoms with Crippen molar-refractivity contribution in [2.24, 2.45) is 0 Å². The summed E-state index contributed by atoms with van der Waals surface area (Å²) in [5.74, 6) is 0. The van der Waals surface area contributed by atoms with Crippen molar-refractivity contribution in [1.82, 2.24) is 0 Å². The Hall–Kier alpha value is -0.118. The first-order chi connectivity index (χ1) is 2.50. The van der Waals surface area contributed by atoms with Crippen molar-refractivity contribution in [2.75, 3.05) is 0 Å². The van der Waals surface area contributed by atoms with Gasteiger partial charge in [-0.15, -0.1) is 0 Å². The van der Waals surface area contributed by atoms with E-state index in [0.717, 1.165) is 0 Å². The van der Waals surface area contributed by atoms with E-state index in [1.807, 2.05) is 30.3 Å². The molecular formula is C5H5Cr+2. The summed E-state index contributed by atoms with van der Waals surface area (Å²) < 4.78 is 0. The Bertz CT molecular complexity index is 60.4. The third-order valence-corrected chi connectivity index (χ3v) is 0.556. The van der Waals surface area contributed by atoms with E-state index >= 15 is 0 Å². The Morgan fingerprint density at radius 1 is 1.00 bits per heavy atom. The first-order valence-corrected chi connectivity index (χ1v) is 1.67. The van der Waals surface area contributed by atoms with Crippen LogP contribution in [-0.4, -0.2) is 0 Å². The van der Waals surface area contributed by atoms with Gasteiger partial charge in [0.1, 0.15) is 0 Å². The summed E-state index contributed by atoms with van der Waals surface area (Å²) in [7, 11) is 0. The monoisotopic (exact) mass is 117 g/mol. The van der Waals surface area contributed by atoms with Crippen LogP contribution in [0.25, 0.3) is 0 Å². The van der Waals surface area contributed by atoms with E-state index in [-0.39, 0.29) is 17.4 Å². The second kappa shape index (κ2) is 3.09. The first-order valence-electron chi connectivity index (χ1n) is 1.67. The SMILES string of the molecule is [Cr+3].c1cc[cH-]c1. The molecule has 1 aromatic rings. The fourth-order valence-corrected chi connectivity index (χ4v) is 0.321. The van der Waals surface area contributed by atoms with E-state index < -0.39 is 0 Å². The second-order valence-electron chi connectivity index (χ2n) is 0.962. The van der Waals surface area contributed by atoms with E-state index in [0.29, 0.717) is 0 Å². The van der Waals surface area contributed by atoms with Crippen molar-refractivity contribution >= 4 is 0 Å². The van der Waals surface area contributed by atoms with Gasteiger partial charge >= 0.3 is 17.4 Å². The Labute approximate surface area is 48.3 Å². The van der Waals surface area contributed by atoms with Crippen molar-refractivity contribution < 1.29 is 17.4 Å². The number of hydrogen-bond acceptors (Lipinski definition) is 0. The Morgan fingerprint density at radius 2 is 1.50 bits per heavy atom. The van der Waals surface area contributed by atoms with Crippen LogP contribution in [-0.2, 0) is 17.4 Å². The molecule has 0 saturated carbocycles. The predicted molar refractivity (Wildman–Crippen MR) is 22.0 cm³/mol. The maximum absolute atomic E-state index is 2.00. The third-order valence-electron chi connectivity index (χ3n) is 0.556. The van der Waals surface area contributed by atoms with E-state index in [9.17, 15) is 0 Å². The van der Waals surface area contributed by atoms with Crippen molar-refractivity contribution in [1.29, 1.82) is 0 Å². The molecule has 0 aromatic heterocycles. The fourth-order valence-electron chi connectivity index (χ4n) is 0.321. The zero-order chi connectivity index (χ0) is 3.54. The van der Waals surface area contributed by atoms with E-state index in [1.165, 1.54) is 0 Å². The summed E-state index contributed by atoms with van der Waals surface area (Å²) in [6, 6.07) is 10.0. The number of hydrogen-bond donors (Lipinski definition) is 0. The molecule has 0 bridgehead atoms. The molecule has 0 nitrogen and oxygen atoms in total. The molecule has 1 radical (unpaired) electrons. The Kier molecular flexibility index (Phi) is 3.03. The van der Waals surface area contributed by atoms with Gasteiger partial charge in [0.2, 0.25) is 0 Å². The Balaban J connectivity index is 0.000000250. The molecule has 1 rings (SSSR count). The minimum absolute atomic E-state index is 0. The summed E-state index contributed by atoms with van der Waals surface area (Å²) in [5, 5.41) is 0. The molecule has 0 N–H and O–H groups in total. The van der Waals surface area contributed by atoms with Crippen molar-refractivity contribution in [3.05, 3.63) is 30.3 Å². The second-order valence-corrected chi connectivity index (χ2v) is 0.962.